The van der Waals surface area contributed by atoms with E-state index in [9.17, 15) is 5.11 Å². The van der Waals surface area contributed by atoms with E-state index in [1.54, 1.807) is 0 Å². The van der Waals surface area contributed by atoms with Gasteiger partial charge in [0.15, 0.2) is 0 Å². The van der Waals surface area contributed by atoms with E-state index in [4.69, 9.17) is 0 Å². The van der Waals surface area contributed by atoms with Crippen molar-refractivity contribution in [2.24, 2.45) is 11.3 Å². The summed E-state index contributed by atoms with van der Waals surface area (Å²) < 4.78 is 0. The predicted octanol–water partition coefficient (Wildman–Crippen LogP) is 4.41. The molecule has 0 aliphatic heterocycles. The van der Waals surface area contributed by atoms with Crippen LogP contribution in [-0.2, 0) is 0 Å². The Kier molecular flexibility index (Phi) is 4.95. The summed E-state index contributed by atoms with van der Waals surface area (Å²) in [6, 6.07) is 0.671. The zero-order valence-electron chi connectivity index (χ0n) is 14.0. The topological polar surface area (TPSA) is 32.3 Å². The highest BCUT2D eigenvalue weighted by Crippen LogP contribution is 2.48. The van der Waals surface area contributed by atoms with Crippen LogP contribution < -0.4 is 5.32 Å². The molecule has 2 heteroatoms. The lowest BCUT2D eigenvalue weighted by Crippen LogP contribution is -2.48. The molecule has 122 valence electrons. The van der Waals surface area contributed by atoms with E-state index in [1.165, 1.54) is 70.6 Å². The summed E-state index contributed by atoms with van der Waals surface area (Å²) in [4.78, 5) is 0. The van der Waals surface area contributed by atoms with E-state index in [0.29, 0.717) is 6.04 Å². The summed E-state index contributed by atoms with van der Waals surface area (Å²) in [5, 5.41) is 14.5. The molecule has 0 saturated heterocycles. The number of nitrogens with one attached hydrogen (secondary N) is 1. The summed E-state index contributed by atoms with van der Waals surface area (Å²) in [7, 11) is 0. The van der Waals surface area contributed by atoms with Gasteiger partial charge in [-0.2, -0.15) is 0 Å². The molecule has 3 aliphatic rings. The molecule has 3 rings (SSSR count). The number of hydrogen-bond donors (Lipinski definition) is 2. The second-order valence-corrected chi connectivity index (χ2v) is 8.44. The highest BCUT2D eigenvalue weighted by atomic mass is 16.3. The van der Waals surface area contributed by atoms with Crippen molar-refractivity contribution >= 4 is 0 Å². The van der Waals surface area contributed by atoms with Crippen molar-refractivity contribution < 1.29 is 5.11 Å². The lowest BCUT2D eigenvalue weighted by Gasteiger charge is -2.40. The van der Waals surface area contributed by atoms with Crippen LogP contribution >= 0.6 is 0 Å². The standard InChI is InChI=1S/C19H35NO/c1-2-16-5-13-19(21,14-6-16)15-20-17-7-11-18(12-8-17)9-3-4-10-18/h16-17,20-21H,2-15H2,1H3. The third kappa shape index (κ3) is 3.82. The molecule has 21 heavy (non-hydrogen) atoms. The normalized spacial score (nSPS) is 37.1. The van der Waals surface area contributed by atoms with Crippen molar-refractivity contribution in [2.75, 3.05) is 6.54 Å². The lowest BCUT2D eigenvalue weighted by molar-refractivity contribution is -0.0126. The van der Waals surface area contributed by atoms with Gasteiger partial charge in [-0.15, -0.1) is 0 Å². The number of hydrogen-bond acceptors (Lipinski definition) is 2. The van der Waals surface area contributed by atoms with Crippen LogP contribution in [0.1, 0.15) is 90.4 Å². The van der Waals surface area contributed by atoms with Crippen LogP contribution in [0, 0.1) is 11.3 Å². The molecule has 0 heterocycles. The maximum Gasteiger partial charge on any atom is 0.0771 e. The third-order valence-corrected chi connectivity index (χ3v) is 7.04. The maximum absolute atomic E-state index is 10.8. The van der Waals surface area contributed by atoms with Gasteiger partial charge in [0.1, 0.15) is 0 Å². The molecule has 3 fully saturated rings. The molecule has 3 saturated carbocycles. The van der Waals surface area contributed by atoms with Crippen molar-refractivity contribution in [3.63, 3.8) is 0 Å². The molecule has 1 spiro atoms. The first-order chi connectivity index (χ1) is 10.1. The van der Waals surface area contributed by atoms with Gasteiger partial charge in [0, 0.05) is 12.6 Å². The van der Waals surface area contributed by atoms with Crippen LogP contribution in [0.15, 0.2) is 0 Å². The smallest absolute Gasteiger partial charge is 0.0771 e. The molecule has 0 aromatic heterocycles. The Balaban J connectivity index is 1.40. The van der Waals surface area contributed by atoms with Crippen LogP contribution in [0.5, 0.6) is 0 Å². The van der Waals surface area contributed by atoms with Crippen molar-refractivity contribution in [2.45, 2.75) is 102 Å². The molecule has 0 radical (unpaired) electrons. The van der Waals surface area contributed by atoms with Crippen LogP contribution in [0.3, 0.4) is 0 Å². The SMILES string of the molecule is CCC1CCC(O)(CNC2CCC3(CCCC3)CC2)CC1. The van der Waals surface area contributed by atoms with E-state index < -0.39 is 5.60 Å². The minimum atomic E-state index is -0.409. The van der Waals surface area contributed by atoms with Crippen molar-refractivity contribution in [3.05, 3.63) is 0 Å². The van der Waals surface area contributed by atoms with Crippen molar-refractivity contribution in [1.29, 1.82) is 0 Å². The van der Waals surface area contributed by atoms with Crippen LogP contribution in [-0.4, -0.2) is 23.3 Å². The van der Waals surface area contributed by atoms with Gasteiger partial charge in [0.2, 0.25) is 0 Å². The second kappa shape index (κ2) is 6.58. The summed E-state index contributed by atoms with van der Waals surface area (Å²) in [5.74, 6) is 0.863. The first-order valence-electron chi connectivity index (χ1n) is 9.59. The van der Waals surface area contributed by atoms with E-state index in [2.05, 4.69) is 12.2 Å². The average Bonchev–Trinajstić information content (AvgIpc) is 2.96. The molecular weight excluding hydrogens is 258 g/mol. The highest BCUT2D eigenvalue weighted by molar-refractivity contribution is 4.93. The predicted molar refractivity (Wildman–Crippen MR) is 88.4 cm³/mol. The van der Waals surface area contributed by atoms with Crippen LogP contribution in [0.4, 0.5) is 0 Å². The van der Waals surface area contributed by atoms with Gasteiger partial charge in [-0.05, 0) is 75.5 Å². The van der Waals surface area contributed by atoms with Crippen molar-refractivity contribution in [1.82, 2.24) is 5.32 Å². The fourth-order valence-electron chi connectivity index (χ4n) is 5.19. The quantitative estimate of drug-likeness (QED) is 0.804. The Morgan fingerprint density at radius 3 is 2.10 bits per heavy atom. The largest absolute Gasteiger partial charge is 0.389 e. The summed E-state index contributed by atoms with van der Waals surface area (Å²) >= 11 is 0. The zero-order chi connectivity index (χ0) is 14.8. The Morgan fingerprint density at radius 1 is 0.905 bits per heavy atom. The number of rotatable bonds is 4. The van der Waals surface area contributed by atoms with Gasteiger partial charge >= 0.3 is 0 Å². The fraction of sp³-hybridized carbons (Fsp3) is 1.00. The molecule has 0 amide bonds. The number of aliphatic hydroxyl groups is 1. The Hall–Kier alpha value is -0.0800. The summed E-state index contributed by atoms with van der Waals surface area (Å²) in [6.45, 7) is 3.12. The van der Waals surface area contributed by atoms with Gasteiger partial charge in [0.25, 0.3) is 0 Å². The van der Waals surface area contributed by atoms with Gasteiger partial charge in [-0.1, -0.05) is 26.2 Å². The zero-order valence-corrected chi connectivity index (χ0v) is 14.0. The average molecular weight is 293 g/mol. The molecule has 2 N–H and O–H groups in total. The van der Waals surface area contributed by atoms with Gasteiger partial charge < -0.3 is 10.4 Å². The molecular formula is C19H35NO. The molecule has 0 aromatic rings. The van der Waals surface area contributed by atoms with Crippen molar-refractivity contribution in [3.8, 4) is 0 Å². The van der Waals surface area contributed by atoms with Crippen LogP contribution in [0.25, 0.3) is 0 Å². The second-order valence-electron chi connectivity index (χ2n) is 8.44. The molecule has 0 bridgehead atoms. The monoisotopic (exact) mass is 293 g/mol. The maximum atomic E-state index is 10.8. The first-order valence-corrected chi connectivity index (χ1v) is 9.59. The van der Waals surface area contributed by atoms with Gasteiger partial charge in [-0.25, -0.2) is 0 Å². The molecule has 0 unspecified atom stereocenters. The molecule has 2 nitrogen and oxygen atoms in total. The molecule has 0 atom stereocenters. The highest BCUT2D eigenvalue weighted by Gasteiger charge is 2.38. The Bertz CT molecular complexity index is 316. The first kappa shape index (κ1) is 15.8. The Labute approximate surface area is 131 Å². The van der Waals surface area contributed by atoms with E-state index in [1.807, 2.05) is 0 Å². The van der Waals surface area contributed by atoms with Gasteiger partial charge in [-0.3, -0.25) is 0 Å². The van der Waals surface area contributed by atoms with E-state index in [0.717, 1.165) is 30.7 Å². The third-order valence-electron chi connectivity index (χ3n) is 7.04. The van der Waals surface area contributed by atoms with E-state index in [-0.39, 0.29) is 0 Å². The minimum Gasteiger partial charge on any atom is -0.389 e. The minimum absolute atomic E-state index is 0.409. The summed E-state index contributed by atoms with van der Waals surface area (Å²) in [6.07, 6.45) is 17.2. The lowest BCUT2D eigenvalue weighted by atomic mass is 9.71. The molecule has 0 aromatic carbocycles. The van der Waals surface area contributed by atoms with E-state index >= 15 is 0 Å². The Morgan fingerprint density at radius 2 is 1.52 bits per heavy atom. The van der Waals surface area contributed by atoms with Gasteiger partial charge in [0.05, 0.1) is 5.60 Å². The molecule has 3 aliphatic carbocycles. The fourth-order valence-corrected chi connectivity index (χ4v) is 5.19. The van der Waals surface area contributed by atoms with Crippen LogP contribution in [0.2, 0.25) is 0 Å². The summed E-state index contributed by atoms with van der Waals surface area (Å²) in [5.41, 5.74) is 0.322.